The lowest BCUT2D eigenvalue weighted by Gasteiger charge is -2.14. The van der Waals surface area contributed by atoms with Crippen molar-refractivity contribution in [3.63, 3.8) is 0 Å². The van der Waals surface area contributed by atoms with E-state index < -0.39 is 10.0 Å². The highest BCUT2D eigenvalue weighted by molar-refractivity contribution is 7.89. The Kier molecular flexibility index (Phi) is 5.97. The van der Waals surface area contributed by atoms with Crippen molar-refractivity contribution in [2.24, 2.45) is 0 Å². The number of methoxy groups -OCH3 is 1. The van der Waals surface area contributed by atoms with Crippen molar-refractivity contribution in [1.29, 1.82) is 0 Å². The van der Waals surface area contributed by atoms with Crippen LogP contribution in [-0.2, 0) is 14.8 Å². The first-order valence-electron chi connectivity index (χ1n) is 5.49. The van der Waals surface area contributed by atoms with Crippen LogP contribution in [0.5, 0.6) is 0 Å². The summed E-state index contributed by atoms with van der Waals surface area (Å²) < 4.78 is 30.5. The summed E-state index contributed by atoms with van der Waals surface area (Å²) in [4.78, 5) is 0. The van der Waals surface area contributed by atoms with E-state index in [4.69, 9.17) is 4.74 Å². The summed E-state index contributed by atoms with van der Waals surface area (Å²) in [6.07, 6.45) is 3.49. The van der Waals surface area contributed by atoms with E-state index in [0.29, 0.717) is 19.6 Å². The first-order valence-corrected chi connectivity index (χ1v) is 7.14. The van der Waals surface area contributed by atoms with Gasteiger partial charge in [-0.05, 0) is 19.4 Å². The fourth-order valence-electron chi connectivity index (χ4n) is 1.50. The molecule has 0 atom stereocenters. The largest absolute Gasteiger partial charge is 0.385 e. The van der Waals surface area contributed by atoms with Crippen LogP contribution in [0.25, 0.3) is 0 Å². The van der Waals surface area contributed by atoms with Gasteiger partial charge in [-0.15, -0.1) is 0 Å². The molecule has 0 aromatic heterocycles. The van der Waals surface area contributed by atoms with Crippen molar-refractivity contribution in [1.82, 2.24) is 10.0 Å². The SMILES string of the molecule is COCCCS(=O)(=O)NCC1=CCNCC1. The molecular formula is C10H20N2O3S. The lowest BCUT2D eigenvalue weighted by atomic mass is 10.1. The van der Waals surface area contributed by atoms with Gasteiger partial charge in [0.1, 0.15) is 0 Å². The van der Waals surface area contributed by atoms with Crippen LogP contribution in [0.3, 0.4) is 0 Å². The molecule has 1 aliphatic rings. The van der Waals surface area contributed by atoms with Crippen molar-refractivity contribution >= 4 is 10.0 Å². The van der Waals surface area contributed by atoms with Gasteiger partial charge in [0.2, 0.25) is 10.0 Å². The third-order valence-electron chi connectivity index (χ3n) is 2.44. The molecular weight excluding hydrogens is 228 g/mol. The molecule has 5 nitrogen and oxygen atoms in total. The fraction of sp³-hybridized carbons (Fsp3) is 0.800. The fourth-order valence-corrected chi connectivity index (χ4v) is 2.55. The smallest absolute Gasteiger partial charge is 0.211 e. The molecule has 0 saturated heterocycles. The summed E-state index contributed by atoms with van der Waals surface area (Å²) >= 11 is 0. The van der Waals surface area contributed by atoms with Gasteiger partial charge in [-0.3, -0.25) is 0 Å². The molecule has 0 saturated carbocycles. The summed E-state index contributed by atoms with van der Waals surface area (Å²) in [7, 11) is -1.58. The van der Waals surface area contributed by atoms with Crippen molar-refractivity contribution in [3.8, 4) is 0 Å². The van der Waals surface area contributed by atoms with E-state index in [1.807, 2.05) is 6.08 Å². The maximum absolute atomic E-state index is 11.5. The van der Waals surface area contributed by atoms with Gasteiger partial charge in [0.15, 0.2) is 0 Å². The predicted molar refractivity (Wildman–Crippen MR) is 63.9 cm³/mol. The van der Waals surface area contributed by atoms with Gasteiger partial charge in [0, 0.05) is 26.8 Å². The zero-order valence-corrected chi connectivity index (χ0v) is 10.5. The topological polar surface area (TPSA) is 67.4 Å². The molecule has 0 aromatic rings. The van der Waals surface area contributed by atoms with Gasteiger partial charge >= 0.3 is 0 Å². The zero-order valence-electron chi connectivity index (χ0n) is 9.66. The van der Waals surface area contributed by atoms with Gasteiger partial charge in [-0.1, -0.05) is 11.6 Å². The minimum absolute atomic E-state index is 0.131. The number of sulfonamides is 1. The molecule has 1 rings (SSSR count). The average Bonchev–Trinajstić information content (AvgIpc) is 2.28. The minimum atomic E-state index is -3.14. The third kappa shape index (κ3) is 5.60. The molecule has 0 fully saturated rings. The van der Waals surface area contributed by atoms with E-state index in [1.165, 1.54) is 0 Å². The van der Waals surface area contributed by atoms with Gasteiger partial charge < -0.3 is 10.1 Å². The van der Waals surface area contributed by atoms with Crippen molar-refractivity contribution in [2.45, 2.75) is 12.8 Å². The molecule has 0 aromatic carbocycles. The summed E-state index contributed by atoms with van der Waals surface area (Å²) in [5, 5.41) is 3.18. The molecule has 2 N–H and O–H groups in total. The second-order valence-electron chi connectivity index (χ2n) is 3.80. The third-order valence-corrected chi connectivity index (χ3v) is 3.85. The van der Waals surface area contributed by atoms with E-state index >= 15 is 0 Å². The molecule has 1 heterocycles. The van der Waals surface area contributed by atoms with Crippen LogP contribution in [-0.4, -0.2) is 47.5 Å². The van der Waals surface area contributed by atoms with Crippen LogP contribution < -0.4 is 10.0 Å². The number of rotatable bonds is 7. The van der Waals surface area contributed by atoms with Crippen molar-refractivity contribution < 1.29 is 13.2 Å². The average molecular weight is 248 g/mol. The molecule has 6 heteroatoms. The summed E-state index contributed by atoms with van der Waals surface area (Å²) in [5.74, 6) is 0.131. The normalized spacial score (nSPS) is 17.2. The minimum Gasteiger partial charge on any atom is -0.385 e. The van der Waals surface area contributed by atoms with Crippen LogP contribution in [0.4, 0.5) is 0 Å². The lowest BCUT2D eigenvalue weighted by Crippen LogP contribution is -2.31. The quantitative estimate of drug-likeness (QED) is 0.486. The second kappa shape index (κ2) is 7.01. The van der Waals surface area contributed by atoms with Gasteiger partial charge in [-0.2, -0.15) is 0 Å². The van der Waals surface area contributed by atoms with Crippen LogP contribution in [0.1, 0.15) is 12.8 Å². The Morgan fingerprint density at radius 1 is 1.56 bits per heavy atom. The monoisotopic (exact) mass is 248 g/mol. The number of hydrogen-bond acceptors (Lipinski definition) is 4. The van der Waals surface area contributed by atoms with Gasteiger partial charge in [0.05, 0.1) is 5.75 Å². The highest BCUT2D eigenvalue weighted by Gasteiger charge is 2.11. The number of hydrogen-bond donors (Lipinski definition) is 2. The van der Waals surface area contributed by atoms with E-state index in [-0.39, 0.29) is 5.75 Å². The summed E-state index contributed by atoms with van der Waals surface area (Å²) in [5.41, 5.74) is 1.16. The molecule has 0 radical (unpaired) electrons. The molecule has 94 valence electrons. The Bertz CT molecular complexity index is 325. The molecule has 0 aliphatic carbocycles. The summed E-state index contributed by atoms with van der Waals surface area (Å²) in [6.45, 7) is 2.68. The lowest BCUT2D eigenvalue weighted by molar-refractivity contribution is 0.199. The molecule has 1 aliphatic heterocycles. The van der Waals surface area contributed by atoms with Crippen LogP contribution in [0.15, 0.2) is 11.6 Å². The molecule has 0 bridgehead atoms. The molecule has 0 spiro atoms. The highest BCUT2D eigenvalue weighted by atomic mass is 32.2. The summed E-state index contributed by atoms with van der Waals surface area (Å²) in [6, 6.07) is 0. The molecule has 16 heavy (non-hydrogen) atoms. The first-order chi connectivity index (χ1) is 7.64. The van der Waals surface area contributed by atoms with Gasteiger partial charge in [0.25, 0.3) is 0 Å². The van der Waals surface area contributed by atoms with Crippen LogP contribution in [0, 0.1) is 0 Å². The van der Waals surface area contributed by atoms with E-state index in [9.17, 15) is 8.42 Å². The Hall–Kier alpha value is -0.430. The Labute approximate surface area is 97.3 Å². The first kappa shape index (κ1) is 13.6. The molecule has 0 unspecified atom stereocenters. The van der Waals surface area contributed by atoms with E-state index in [0.717, 1.165) is 25.1 Å². The number of nitrogens with one attached hydrogen (secondary N) is 2. The van der Waals surface area contributed by atoms with E-state index in [1.54, 1.807) is 7.11 Å². The van der Waals surface area contributed by atoms with Crippen LogP contribution in [0.2, 0.25) is 0 Å². The Balaban J connectivity index is 2.27. The maximum atomic E-state index is 11.5. The maximum Gasteiger partial charge on any atom is 0.211 e. The molecule has 0 amide bonds. The van der Waals surface area contributed by atoms with E-state index in [2.05, 4.69) is 10.0 Å². The van der Waals surface area contributed by atoms with Gasteiger partial charge in [-0.25, -0.2) is 13.1 Å². The standard InChI is InChI=1S/C10H20N2O3S/c1-15-7-2-8-16(13,14)12-9-10-3-5-11-6-4-10/h3,11-12H,2,4-9H2,1H3. The van der Waals surface area contributed by atoms with Crippen molar-refractivity contribution in [3.05, 3.63) is 11.6 Å². The van der Waals surface area contributed by atoms with Crippen molar-refractivity contribution in [2.75, 3.05) is 39.1 Å². The highest BCUT2D eigenvalue weighted by Crippen LogP contribution is 2.03. The van der Waals surface area contributed by atoms with Crippen LogP contribution >= 0.6 is 0 Å². The Morgan fingerprint density at radius 2 is 2.38 bits per heavy atom. The predicted octanol–water partition coefficient (Wildman–Crippen LogP) is -0.138. The Morgan fingerprint density at radius 3 is 3.00 bits per heavy atom. The zero-order chi connectivity index (χ0) is 11.9. The second-order valence-corrected chi connectivity index (χ2v) is 5.73. The number of ether oxygens (including phenoxy) is 1.